The molecule has 0 radical (unpaired) electrons. The lowest BCUT2D eigenvalue weighted by Crippen LogP contribution is -2.31. The van der Waals surface area contributed by atoms with E-state index in [1.807, 2.05) is 6.92 Å². The average Bonchev–Trinajstić information content (AvgIpc) is 2.46. The van der Waals surface area contributed by atoms with E-state index >= 15 is 0 Å². The van der Waals surface area contributed by atoms with Gasteiger partial charge in [0, 0.05) is 19.8 Å². The Hall–Kier alpha value is -2.17. The Morgan fingerprint density at radius 3 is 2.39 bits per heavy atom. The van der Waals surface area contributed by atoms with Crippen LogP contribution in [0.3, 0.4) is 0 Å². The first-order valence-electron chi connectivity index (χ1n) is 6.72. The molecular weight excluding hydrogens is 328 g/mol. The lowest BCUT2D eigenvalue weighted by Gasteiger charge is -2.11. The van der Waals surface area contributed by atoms with Gasteiger partial charge in [0.1, 0.15) is 0 Å². The maximum Gasteiger partial charge on any atom is 0.336 e. The molecule has 23 heavy (non-hydrogen) atoms. The number of hydrogen-bond acceptors (Lipinski definition) is 5. The molecule has 1 aromatic carbocycles. The highest BCUT2D eigenvalue weighted by molar-refractivity contribution is 7.90. The van der Waals surface area contributed by atoms with Crippen LogP contribution in [-0.4, -0.2) is 50.3 Å². The number of anilines is 1. The van der Waals surface area contributed by atoms with Gasteiger partial charge >= 0.3 is 11.9 Å². The smallest absolute Gasteiger partial charge is 0.336 e. The van der Waals surface area contributed by atoms with Crippen molar-refractivity contribution in [2.24, 2.45) is 0 Å². The van der Waals surface area contributed by atoms with Crippen molar-refractivity contribution in [1.29, 1.82) is 0 Å². The third-order valence-corrected chi connectivity index (χ3v) is 3.78. The summed E-state index contributed by atoms with van der Waals surface area (Å²) in [6.45, 7) is 2.93. The number of carboxylic acids is 2. The monoisotopic (exact) mass is 346 g/mol. The number of nitrogens with one attached hydrogen (secondary N) is 2. The predicted octanol–water partition coefficient (Wildman–Crippen LogP) is 0.756. The van der Waals surface area contributed by atoms with Crippen LogP contribution < -0.4 is 9.44 Å². The third kappa shape index (κ3) is 6.22. The average molecular weight is 346 g/mol. The highest BCUT2D eigenvalue weighted by atomic mass is 32.2. The van der Waals surface area contributed by atoms with Gasteiger partial charge in [-0.1, -0.05) is 0 Å². The highest BCUT2D eigenvalue weighted by Crippen LogP contribution is 2.17. The first-order valence-corrected chi connectivity index (χ1v) is 8.21. The molecule has 0 aliphatic carbocycles. The topological polar surface area (TPSA) is 142 Å². The Labute approximate surface area is 133 Å². The van der Waals surface area contributed by atoms with Gasteiger partial charge in [0.05, 0.1) is 16.8 Å². The van der Waals surface area contributed by atoms with Gasteiger partial charge < -0.3 is 14.9 Å². The van der Waals surface area contributed by atoms with E-state index < -0.39 is 33.3 Å². The van der Waals surface area contributed by atoms with Gasteiger partial charge in [0.25, 0.3) is 10.2 Å². The van der Waals surface area contributed by atoms with E-state index in [1.165, 1.54) is 6.07 Å². The fourth-order valence-electron chi connectivity index (χ4n) is 1.69. The van der Waals surface area contributed by atoms with E-state index in [1.54, 1.807) is 0 Å². The van der Waals surface area contributed by atoms with Gasteiger partial charge in [-0.25, -0.2) is 9.59 Å². The van der Waals surface area contributed by atoms with Crippen LogP contribution in [0, 0.1) is 0 Å². The lowest BCUT2D eigenvalue weighted by molar-refractivity contribution is 0.0651. The number of ether oxygens (including phenoxy) is 1. The van der Waals surface area contributed by atoms with Crippen LogP contribution in [0.4, 0.5) is 5.69 Å². The van der Waals surface area contributed by atoms with Crippen LogP contribution in [0.1, 0.15) is 34.1 Å². The van der Waals surface area contributed by atoms with E-state index in [0.717, 1.165) is 12.1 Å². The summed E-state index contributed by atoms with van der Waals surface area (Å²) in [5.74, 6) is -2.88. The van der Waals surface area contributed by atoms with E-state index in [0.29, 0.717) is 19.6 Å². The first kappa shape index (κ1) is 18.9. The second kappa shape index (κ2) is 8.46. The Morgan fingerprint density at radius 1 is 1.17 bits per heavy atom. The zero-order valence-electron chi connectivity index (χ0n) is 12.4. The van der Waals surface area contributed by atoms with Crippen molar-refractivity contribution >= 4 is 27.8 Å². The van der Waals surface area contributed by atoms with Crippen molar-refractivity contribution in [3.05, 3.63) is 29.3 Å². The van der Waals surface area contributed by atoms with Crippen molar-refractivity contribution in [1.82, 2.24) is 4.72 Å². The molecule has 0 atom stereocenters. The summed E-state index contributed by atoms with van der Waals surface area (Å²) < 4.78 is 33.1. The normalized spacial score (nSPS) is 11.2. The van der Waals surface area contributed by atoms with Gasteiger partial charge in [0.15, 0.2) is 0 Å². The van der Waals surface area contributed by atoms with Gasteiger partial charge in [-0.2, -0.15) is 13.1 Å². The van der Waals surface area contributed by atoms with Crippen LogP contribution in [0.15, 0.2) is 18.2 Å². The SMILES string of the molecule is CCOCCCNS(=O)(=O)Nc1ccc(C(=O)O)c(C(=O)O)c1. The Morgan fingerprint density at radius 2 is 1.83 bits per heavy atom. The standard InChI is InChI=1S/C13H18N2O7S/c1-2-22-7-3-6-14-23(20,21)15-9-4-5-10(12(16)17)11(8-9)13(18)19/h4-5,8,14-15H,2-3,6-7H2,1H3,(H,16,17)(H,18,19). The maximum atomic E-state index is 11.8. The van der Waals surface area contributed by atoms with Crippen molar-refractivity contribution in [3.63, 3.8) is 0 Å². The van der Waals surface area contributed by atoms with Crippen LogP contribution in [-0.2, 0) is 14.9 Å². The molecule has 0 aliphatic rings. The zero-order valence-corrected chi connectivity index (χ0v) is 13.2. The number of carboxylic acid groups (broad SMARTS) is 2. The van der Waals surface area contributed by atoms with Crippen molar-refractivity contribution in [2.45, 2.75) is 13.3 Å². The van der Waals surface area contributed by atoms with Gasteiger partial charge in [-0.05, 0) is 31.5 Å². The molecule has 1 aromatic rings. The van der Waals surface area contributed by atoms with E-state index in [9.17, 15) is 18.0 Å². The summed E-state index contributed by atoms with van der Waals surface area (Å²) in [7, 11) is -3.89. The highest BCUT2D eigenvalue weighted by Gasteiger charge is 2.18. The third-order valence-electron chi connectivity index (χ3n) is 2.69. The van der Waals surface area contributed by atoms with E-state index in [-0.39, 0.29) is 12.2 Å². The lowest BCUT2D eigenvalue weighted by atomic mass is 10.1. The van der Waals surface area contributed by atoms with Gasteiger partial charge in [-0.15, -0.1) is 0 Å². The summed E-state index contributed by atoms with van der Waals surface area (Å²) in [4.78, 5) is 22.0. The summed E-state index contributed by atoms with van der Waals surface area (Å²) >= 11 is 0. The molecule has 0 aliphatic heterocycles. The molecule has 9 nitrogen and oxygen atoms in total. The molecular formula is C13H18N2O7S. The number of aromatic carboxylic acids is 2. The van der Waals surface area contributed by atoms with Crippen molar-refractivity contribution in [2.75, 3.05) is 24.5 Å². The minimum absolute atomic E-state index is 0.0512. The number of rotatable bonds is 10. The number of carbonyl (C=O) groups is 2. The number of hydrogen-bond donors (Lipinski definition) is 4. The van der Waals surface area contributed by atoms with Gasteiger partial charge in [0.2, 0.25) is 0 Å². The summed E-state index contributed by atoms with van der Waals surface area (Å²) in [6, 6.07) is 3.15. The summed E-state index contributed by atoms with van der Waals surface area (Å²) in [5.41, 5.74) is -0.983. The molecule has 0 aromatic heterocycles. The molecule has 4 N–H and O–H groups in total. The fraction of sp³-hybridized carbons (Fsp3) is 0.385. The molecule has 0 unspecified atom stereocenters. The molecule has 0 bridgehead atoms. The molecule has 0 amide bonds. The Balaban J connectivity index is 2.78. The summed E-state index contributed by atoms with van der Waals surface area (Å²) in [5, 5.41) is 17.9. The van der Waals surface area contributed by atoms with E-state index in [4.69, 9.17) is 14.9 Å². The van der Waals surface area contributed by atoms with Crippen molar-refractivity contribution < 1.29 is 33.0 Å². The zero-order chi connectivity index (χ0) is 17.5. The van der Waals surface area contributed by atoms with Crippen LogP contribution >= 0.6 is 0 Å². The minimum Gasteiger partial charge on any atom is -0.478 e. The second-order valence-corrected chi connectivity index (χ2v) is 5.92. The predicted molar refractivity (Wildman–Crippen MR) is 82.0 cm³/mol. The molecule has 0 saturated heterocycles. The van der Waals surface area contributed by atoms with Crippen LogP contribution in [0.5, 0.6) is 0 Å². The largest absolute Gasteiger partial charge is 0.478 e. The first-order chi connectivity index (χ1) is 10.8. The summed E-state index contributed by atoms with van der Waals surface area (Å²) in [6.07, 6.45) is 0.479. The fourth-order valence-corrected chi connectivity index (χ4v) is 2.61. The molecule has 0 spiro atoms. The quantitative estimate of drug-likeness (QED) is 0.458. The van der Waals surface area contributed by atoms with Crippen molar-refractivity contribution in [3.8, 4) is 0 Å². The Bertz CT molecular complexity index is 673. The Kier molecular flexibility index (Phi) is 6.94. The van der Waals surface area contributed by atoms with Crippen LogP contribution in [0.25, 0.3) is 0 Å². The minimum atomic E-state index is -3.89. The molecule has 0 fully saturated rings. The van der Waals surface area contributed by atoms with Crippen LogP contribution in [0.2, 0.25) is 0 Å². The molecule has 10 heteroatoms. The molecule has 1 rings (SSSR count). The molecule has 128 valence electrons. The molecule has 0 heterocycles. The molecule has 0 saturated carbocycles. The number of benzene rings is 1. The maximum absolute atomic E-state index is 11.8. The second-order valence-electron chi connectivity index (χ2n) is 4.42. The van der Waals surface area contributed by atoms with Gasteiger partial charge in [-0.3, -0.25) is 4.72 Å². The van der Waals surface area contributed by atoms with E-state index in [2.05, 4.69) is 9.44 Å².